The van der Waals surface area contributed by atoms with Crippen LogP contribution in [0.5, 0.6) is 5.75 Å². The Bertz CT molecular complexity index is 860. The zero-order valence-electron chi connectivity index (χ0n) is 14.5. The maximum atomic E-state index is 12.3. The van der Waals surface area contributed by atoms with E-state index < -0.39 is 0 Å². The van der Waals surface area contributed by atoms with E-state index in [-0.39, 0.29) is 5.91 Å². The first-order valence-electron chi connectivity index (χ1n) is 8.02. The minimum absolute atomic E-state index is 0.110. The minimum atomic E-state index is -0.110. The number of ether oxygens (including phenoxy) is 1. The van der Waals surface area contributed by atoms with Crippen molar-refractivity contribution in [1.29, 1.82) is 0 Å². The molecule has 1 saturated heterocycles. The predicted molar refractivity (Wildman–Crippen MR) is 103 cm³/mol. The van der Waals surface area contributed by atoms with Gasteiger partial charge in [0.05, 0.1) is 0 Å². The zero-order valence-corrected chi connectivity index (χ0v) is 15.3. The quantitative estimate of drug-likeness (QED) is 0.622. The number of carbonyl (C=O) groups is 1. The van der Waals surface area contributed by atoms with Crippen molar-refractivity contribution in [1.82, 2.24) is 9.80 Å². The van der Waals surface area contributed by atoms with E-state index in [1.165, 1.54) is 10.5 Å². The molecule has 128 valence electrons. The van der Waals surface area contributed by atoms with Gasteiger partial charge in [-0.1, -0.05) is 48.0 Å². The smallest absolute Gasteiger partial charge is 0.276 e. The van der Waals surface area contributed by atoms with E-state index in [0.29, 0.717) is 17.4 Å². The van der Waals surface area contributed by atoms with E-state index in [0.717, 1.165) is 16.9 Å². The molecule has 1 aliphatic rings. The molecule has 1 amide bonds. The van der Waals surface area contributed by atoms with E-state index in [9.17, 15) is 4.79 Å². The summed E-state index contributed by atoms with van der Waals surface area (Å²) in [5, 5.41) is 0.495. The molecule has 2 aromatic rings. The highest BCUT2D eigenvalue weighted by molar-refractivity contribution is 7.80. The van der Waals surface area contributed by atoms with Gasteiger partial charge >= 0.3 is 0 Å². The second kappa shape index (κ2) is 7.07. The fraction of sp³-hybridized carbons (Fsp3) is 0.200. The third kappa shape index (κ3) is 3.56. The maximum Gasteiger partial charge on any atom is 0.276 e. The van der Waals surface area contributed by atoms with Gasteiger partial charge in [-0.3, -0.25) is 9.69 Å². The normalized spacial score (nSPS) is 16.0. The standard InChI is InChI=1S/C20H20N2O2S/c1-14-7-6-8-15(11-14)13-24-18-10-5-4-9-16(18)12-17-19(23)22(3)20(25)21(17)2/h4-12H,13H2,1-3H3. The molecule has 1 heterocycles. The van der Waals surface area contributed by atoms with Crippen LogP contribution in [0.2, 0.25) is 0 Å². The number of hydrogen-bond donors (Lipinski definition) is 0. The molecule has 0 radical (unpaired) electrons. The number of nitrogens with zero attached hydrogens (tertiary/aromatic N) is 2. The van der Waals surface area contributed by atoms with Crippen LogP contribution in [0.1, 0.15) is 16.7 Å². The van der Waals surface area contributed by atoms with Crippen LogP contribution < -0.4 is 4.74 Å². The highest BCUT2D eigenvalue weighted by Gasteiger charge is 2.32. The van der Waals surface area contributed by atoms with Crippen LogP contribution in [-0.4, -0.2) is 34.9 Å². The number of likely N-dealkylation sites (N-methyl/N-ethyl adjacent to an activating group) is 2. The number of thiocarbonyl (C=S) groups is 1. The molecule has 0 saturated carbocycles. The van der Waals surface area contributed by atoms with Crippen LogP contribution in [0.4, 0.5) is 0 Å². The van der Waals surface area contributed by atoms with Crippen LogP contribution in [-0.2, 0) is 11.4 Å². The molecular formula is C20H20N2O2S. The summed E-state index contributed by atoms with van der Waals surface area (Å²) in [5.74, 6) is 0.624. The minimum Gasteiger partial charge on any atom is -0.488 e. The van der Waals surface area contributed by atoms with Gasteiger partial charge < -0.3 is 9.64 Å². The number of hydrogen-bond acceptors (Lipinski definition) is 3. The topological polar surface area (TPSA) is 32.8 Å². The highest BCUT2D eigenvalue weighted by atomic mass is 32.1. The van der Waals surface area contributed by atoms with Gasteiger partial charge in [0.1, 0.15) is 18.1 Å². The molecule has 25 heavy (non-hydrogen) atoms. The fourth-order valence-electron chi connectivity index (χ4n) is 2.73. The molecule has 0 aliphatic carbocycles. The van der Waals surface area contributed by atoms with Gasteiger partial charge in [0.2, 0.25) is 0 Å². The van der Waals surface area contributed by atoms with Gasteiger partial charge in [0.15, 0.2) is 5.11 Å². The third-order valence-corrected chi connectivity index (χ3v) is 4.69. The maximum absolute atomic E-state index is 12.3. The number of aryl methyl sites for hydroxylation is 1. The van der Waals surface area contributed by atoms with E-state index in [4.69, 9.17) is 17.0 Å². The summed E-state index contributed by atoms with van der Waals surface area (Å²) in [6.07, 6.45) is 1.82. The first-order chi connectivity index (χ1) is 12.0. The molecule has 5 heteroatoms. The van der Waals surface area contributed by atoms with Crippen LogP contribution in [0.25, 0.3) is 6.08 Å². The monoisotopic (exact) mass is 352 g/mol. The number of para-hydroxylation sites is 1. The van der Waals surface area contributed by atoms with Gasteiger partial charge in [0.25, 0.3) is 5.91 Å². The van der Waals surface area contributed by atoms with Crippen molar-refractivity contribution in [3.63, 3.8) is 0 Å². The van der Waals surface area contributed by atoms with Crippen molar-refractivity contribution < 1.29 is 9.53 Å². The first-order valence-corrected chi connectivity index (χ1v) is 8.43. The van der Waals surface area contributed by atoms with E-state index >= 15 is 0 Å². The molecule has 0 spiro atoms. The van der Waals surface area contributed by atoms with E-state index in [2.05, 4.69) is 19.1 Å². The Balaban J connectivity index is 1.85. The number of amides is 1. The van der Waals surface area contributed by atoms with Crippen molar-refractivity contribution in [2.75, 3.05) is 14.1 Å². The molecule has 1 fully saturated rings. The van der Waals surface area contributed by atoms with Crippen molar-refractivity contribution in [2.45, 2.75) is 13.5 Å². The molecule has 2 aromatic carbocycles. The Morgan fingerprint density at radius 2 is 1.84 bits per heavy atom. The predicted octanol–water partition coefficient (Wildman–Crippen LogP) is 3.60. The Hall–Kier alpha value is -2.66. The molecule has 0 N–H and O–H groups in total. The SMILES string of the molecule is Cc1cccc(COc2ccccc2C=C2C(=O)N(C)C(=S)N2C)c1. The van der Waals surface area contributed by atoms with Crippen LogP contribution in [0.3, 0.4) is 0 Å². The lowest BCUT2D eigenvalue weighted by Crippen LogP contribution is -2.26. The fourth-order valence-corrected chi connectivity index (χ4v) is 2.91. The number of rotatable bonds is 4. The lowest BCUT2D eigenvalue weighted by Gasteiger charge is -2.13. The van der Waals surface area contributed by atoms with Crippen molar-refractivity contribution in [3.05, 3.63) is 70.9 Å². The molecule has 3 rings (SSSR count). The summed E-state index contributed by atoms with van der Waals surface area (Å²) in [7, 11) is 3.48. The summed E-state index contributed by atoms with van der Waals surface area (Å²) in [6, 6.07) is 15.9. The molecule has 1 aliphatic heterocycles. The van der Waals surface area contributed by atoms with Gasteiger partial charge in [0, 0.05) is 19.7 Å². The van der Waals surface area contributed by atoms with Gasteiger partial charge in [-0.15, -0.1) is 0 Å². The Labute approximate surface area is 153 Å². The summed E-state index contributed by atoms with van der Waals surface area (Å²) in [4.78, 5) is 15.5. The van der Waals surface area contributed by atoms with Crippen molar-refractivity contribution in [2.24, 2.45) is 0 Å². The van der Waals surface area contributed by atoms with Gasteiger partial charge in [-0.2, -0.15) is 0 Å². The largest absolute Gasteiger partial charge is 0.488 e. The summed E-state index contributed by atoms with van der Waals surface area (Å²) >= 11 is 5.25. The molecule has 4 nitrogen and oxygen atoms in total. The summed E-state index contributed by atoms with van der Waals surface area (Å²) in [5.41, 5.74) is 3.70. The van der Waals surface area contributed by atoms with Crippen LogP contribution in [0.15, 0.2) is 54.2 Å². The second-order valence-corrected chi connectivity index (χ2v) is 6.42. The lowest BCUT2D eigenvalue weighted by molar-refractivity contribution is -0.121. The summed E-state index contributed by atoms with van der Waals surface area (Å²) < 4.78 is 5.99. The number of benzene rings is 2. The molecule has 0 aromatic heterocycles. The molecule has 0 atom stereocenters. The van der Waals surface area contributed by atoms with E-state index in [1.807, 2.05) is 42.5 Å². The van der Waals surface area contributed by atoms with Crippen LogP contribution >= 0.6 is 12.2 Å². The zero-order chi connectivity index (χ0) is 18.0. The highest BCUT2D eigenvalue weighted by Crippen LogP contribution is 2.26. The van der Waals surface area contributed by atoms with E-state index in [1.54, 1.807) is 19.0 Å². The van der Waals surface area contributed by atoms with Crippen LogP contribution in [0, 0.1) is 6.92 Å². The Morgan fingerprint density at radius 1 is 1.08 bits per heavy atom. The average molecular weight is 352 g/mol. The van der Waals surface area contributed by atoms with Crippen molar-refractivity contribution >= 4 is 29.3 Å². The Kier molecular flexibility index (Phi) is 4.86. The molecule has 0 bridgehead atoms. The molecule has 0 unspecified atom stereocenters. The first kappa shape index (κ1) is 17.2. The molecular weight excluding hydrogens is 332 g/mol. The van der Waals surface area contributed by atoms with Gasteiger partial charge in [-0.25, -0.2) is 0 Å². The average Bonchev–Trinajstić information content (AvgIpc) is 2.79. The van der Waals surface area contributed by atoms with Gasteiger partial charge in [-0.05, 0) is 36.8 Å². The number of carbonyl (C=O) groups excluding carboxylic acids is 1. The second-order valence-electron chi connectivity index (χ2n) is 6.05. The lowest BCUT2D eigenvalue weighted by atomic mass is 10.1. The third-order valence-electron chi connectivity index (χ3n) is 4.15. The van der Waals surface area contributed by atoms with Crippen molar-refractivity contribution in [3.8, 4) is 5.75 Å². The Morgan fingerprint density at radius 3 is 2.52 bits per heavy atom. The summed E-state index contributed by atoms with van der Waals surface area (Å²) in [6.45, 7) is 2.53.